The molecule has 2 atom stereocenters. The number of aliphatic carboxylic acids is 2. The lowest BCUT2D eigenvalue weighted by atomic mass is 10.0. The zero-order chi connectivity index (χ0) is 21.6. The van der Waals surface area contributed by atoms with Crippen molar-refractivity contribution in [2.45, 2.75) is 51.9 Å². The summed E-state index contributed by atoms with van der Waals surface area (Å²) < 4.78 is 15.6. The average molecular weight is 407 g/mol. The molecule has 158 valence electrons. The van der Waals surface area contributed by atoms with Crippen LogP contribution < -0.4 is 11.0 Å². The maximum absolute atomic E-state index is 13.0. The number of nitrogens with one attached hydrogen (secondary N) is 1. The first-order valence-electron chi connectivity index (χ1n) is 9.39. The zero-order valence-electron chi connectivity index (χ0n) is 16.4. The van der Waals surface area contributed by atoms with E-state index in [1.54, 1.807) is 18.3 Å². The molecule has 1 heterocycles. The first-order chi connectivity index (χ1) is 13.7. The quantitative estimate of drug-likeness (QED) is 0.521. The van der Waals surface area contributed by atoms with E-state index in [2.05, 4.69) is 5.32 Å². The molecule has 0 saturated heterocycles. The molecule has 3 N–H and O–H groups in total. The van der Waals surface area contributed by atoms with Gasteiger partial charge < -0.3 is 10.2 Å². The number of halogens is 1. The SMILES string of the molecule is CC(C)C[C@H](NC(Cn1ccn(CCc2ccc(F)cc2)c1=O)C(=O)O)C(=O)O. The predicted octanol–water partition coefficient (Wildman–Crippen LogP) is 1.57. The van der Waals surface area contributed by atoms with Gasteiger partial charge in [0.05, 0.1) is 6.54 Å². The largest absolute Gasteiger partial charge is 0.480 e. The number of nitrogens with zero attached hydrogens (tertiary/aromatic N) is 2. The van der Waals surface area contributed by atoms with Crippen LogP contribution in [0.25, 0.3) is 0 Å². The Bertz CT molecular complexity index is 888. The van der Waals surface area contributed by atoms with Crippen LogP contribution in [0, 0.1) is 11.7 Å². The van der Waals surface area contributed by atoms with Crippen molar-refractivity contribution in [2.24, 2.45) is 5.92 Å². The minimum Gasteiger partial charge on any atom is -0.480 e. The fraction of sp³-hybridized carbons (Fsp3) is 0.450. The molecule has 9 heteroatoms. The van der Waals surface area contributed by atoms with Crippen LogP contribution in [0.2, 0.25) is 0 Å². The third-order valence-electron chi connectivity index (χ3n) is 4.56. The van der Waals surface area contributed by atoms with Gasteiger partial charge in [-0.3, -0.25) is 24.0 Å². The van der Waals surface area contributed by atoms with E-state index in [4.69, 9.17) is 0 Å². The summed E-state index contributed by atoms with van der Waals surface area (Å²) in [6.07, 6.45) is 3.81. The summed E-state index contributed by atoms with van der Waals surface area (Å²) in [5.41, 5.74) is 0.477. The van der Waals surface area contributed by atoms with E-state index in [0.717, 1.165) is 5.56 Å². The minimum atomic E-state index is -1.23. The molecule has 0 radical (unpaired) electrons. The van der Waals surface area contributed by atoms with Crippen molar-refractivity contribution in [2.75, 3.05) is 0 Å². The first-order valence-corrected chi connectivity index (χ1v) is 9.39. The first kappa shape index (κ1) is 22.4. The van der Waals surface area contributed by atoms with Crippen LogP contribution >= 0.6 is 0 Å². The van der Waals surface area contributed by atoms with E-state index in [9.17, 15) is 29.0 Å². The van der Waals surface area contributed by atoms with Crippen LogP contribution in [-0.2, 0) is 29.1 Å². The van der Waals surface area contributed by atoms with Gasteiger partial charge in [-0.05, 0) is 36.5 Å². The average Bonchev–Trinajstić information content (AvgIpc) is 2.99. The second kappa shape index (κ2) is 10.0. The van der Waals surface area contributed by atoms with Gasteiger partial charge in [-0.25, -0.2) is 9.18 Å². The maximum Gasteiger partial charge on any atom is 0.328 e. The number of aryl methyl sites for hydroxylation is 2. The van der Waals surface area contributed by atoms with E-state index in [1.165, 1.54) is 27.5 Å². The van der Waals surface area contributed by atoms with Crippen LogP contribution in [0.1, 0.15) is 25.8 Å². The highest BCUT2D eigenvalue weighted by Gasteiger charge is 2.27. The molecule has 1 aromatic heterocycles. The molecule has 2 rings (SSSR count). The summed E-state index contributed by atoms with van der Waals surface area (Å²) in [4.78, 5) is 35.5. The number of benzene rings is 1. The predicted molar refractivity (Wildman–Crippen MR) is 104 cm³/mol. The molecule has 2 aromatic rings. The molecule has 0 spiro atoms. The fourth-order valence-corrected chi connectivity index (χ4v) is 3.02. The Labute approximate surface area is 167 Å². The smallest absolute Gasteiger partial charge is 0.328 e. The van der Waals surface area contributed by atoms with Crippen molar-refractivity contribution in [1.29, 1.82) is 0 Å². The lowest BCUT2D eigenvalue weighted by Gasteiger charge is -2.21. The van der Waals surface area contributed by atoms with Crippen LogP contribution in [0.3, 0.4) is 0 Å². The van der Waals surface area contributed by atoms with Gasteiger partial charge in [-0.15, -0.1) is 0 Å². The Morgan fingerprint density at radius 3 is 2.17 bits per heavy atom. The molecular weight excluding hydrogens is 381 g/mol. The Balaban J connectivity index is 2.06. The third kappa shape index (κ3) is 6.56. The lowest BCUT2D eigenvalue weighted by Crippen LogP contribution is -2.50. The highest BCUT2D eigenvalue weighted by molar-refractivity contribution is 5.77. The van der Waals surface area contributed by atoms with Crippen LogP contribution in [-0.4, -0.2) is 43.4 Å². The summed E-state index contributed by atoms with van der Waals surface area (Å²) in [6.45, 7) is 3.85. The van der Waals surface area contributed by atoms with Gasteiger partial charge >= 0.3 is 17.6 Å². The normalized spacial score (nSPS) is 13.4. The molecule has 8 nitrogen and oxygen atoms in total. The summed E-state index contributed by atoms with van der Waals surface area (Å²) >= 11 is 0. The van der Waals surface area contributed by atoms with Crippen molar-refractivity contribution in [3.63, 3.8) is 0 Å². The number of hydrogen-bond acceptors (Lipinski definition) is 4. The number of aromatic nitrogens is 2. The van der Waals surface area contributed by atoms with Gasteiger partial charge in [0.25, 0.3) is 0 Å². The molecule has 0 fully saturated rings. The molecule has 1 aromatic carbocycles. The van der Waals surface area contributed by atoms with Gasteiger partial charge in [0.1, 0.15) is 17.9 Å². The number of imidazole rings is 1. The van der Waals surface area contributed by atoms with Gasteiger partial charge in [0.2, 0.25) is 0 Å². The summed E-state index contributed by atoms with van der Waals surface area (Å²) in [5.74, 6) is -2.63. The topological polar surface area (TPSA) is 114 Å². The summed E-state index contributed by atoms with van der Waals surface area (Å²) in [7, 11) is 0. The van der Waals surface area contributed by atoms with E-state index in [0.29, 0.717) is 13.0 Å². The molecule has 0 aliphatic rings. The Morgan fingerprint density at radius 1 is 1.03 bits per heavy atom. The Morgan fingerprint density at radius 2 is 1.62 bits per heavy atom. The second-order valence-electron chi connectivity index (χ2n) is 7.38. The van der Waals surface area contributed by atoms with Gasteiger partial charge in [-0.2, -0.15) is 0 Å². The van der Waals surface area contributed by atoms with E-state index >= 15 is 0 Å². The highest BCUT2D eigenvalue weighted by Crippen LogP contribution is 2.07. The molecule has 0 bridgehead atoms. The van der Waals surface area contributed by atoms with Crippen molar-refractivity contribution < 1.29 is 24.2 Å². The van der Waals surface area contributed by atoms with Crippen molar-refractivity contribution in [3.8, 4) is 0 Å². The van der Waals surface area contributed by atoms with Gasteiger partial charge in [0, 0.05) is 18.9 Å². The minimum absolute atomic E-state index is 0.0633. The Hall–Kier alpha value is -2.94. The molecule has 1 unspecified atom stereocenters. The van der Waals surface area contributed by atoms with Crippen LogP contribution in [0.4, 0.5) is 4.39 Å². The van der Waals surface area contributed by atoms with Gasteiger partial charge in [0.15, 0.2) is 0 Å². The van der Waals surface area contributed by atoms with Gasteiger partial charge in [-0.1, -0.05) is 26.0 Å². The van der Waals surface area contributed by atoms with Crippen molar-refractivity contribution in [3.05, 3.63) is 58.5 Å². The molecule has 0 amide bonds. The Kier molecular flexibility index (Phi) is 7.72. The summed E-state index contributed by atoms with van der Waals surface area (Å²) in [6, 6.07) is 3.74. The van der Waals surface area contributed by atoms with Crippen molar-refractivity contribution >= 4 is 11.9 Å². The van der Waals surface area contributed by atoms with Crippen LogP contribution in [0.5, 0.6) is 0 Å². The fourth-order valence-electron chi connectivity index (χ4n) is 3.02. The lowest BCUT2D eigenvalue weighted by molar-refractivity contribution is -0.143. The van der Waals surface area contributed by atoms with E-state index in [-0.39, 0.29) is 24.7 Å². The monoisotopic (exact) mass is 407 g/mol. The molecule has 29 heavy (non-hydrogen) atoms. The van der Waals surface area contributed by atoms with E-state index in [1.807, 2.05) is 13.8 Å². The second-order valence-corrected chi connectivity index (χ2v) is 7.38. The highest BCUT2D eigenvalue weighted by atomic mass is 19.1. The number of carboxylic acid groups (broad SMARTS) is 2. The number of rotatable bonds is 11. The molecule has 0 saturated carbocycles. The maximum atomic E-state index is 13.0. The standard InChI is InChI=1S/C20H26FN3O5/c1-13(2)11-16(18(25)26)22-17(19(27)28)12-24-10-9-23(20(24)29)8-7-14-3-5-15(21)6-4-14/h3-6,9-10,13,16-17,22H,7-8,11-12H2,1-2H3,(H,25,26)(H,27,28)/t16-,17?/m0/s1. The zero-order valence-corrected chi connectivity index (χ0v) is 16.4. The van der Waals surface area contributed by atoms with Crippen LogP contribution in [0.15, 0.2) is 41.5 Å². The number of hydrogen-bond donors (Lipinski definition) is 3. The van der Waals surface area contributed by atoms with E-state index < -0.39 is 29.7 Å². The number of carboxylic acids is 2. The molecule has 0 aliphatic carbocycles. The summed E-state index contributed by atoms with van der Waals surface area (Å²) in [5, 5.41) is 21.4. The number of carbonyl (C=O) groups is 2. The molecular formula is C20H26FN3O5. The molecule has 0 aliphatic heterocycles. The third-order valence-corrected chi connectivity index (χ3v) is 4.56. The van der Waals surface area contributed by atoms with Crippen molar-refractivity contribution in [1.82, 2.24) is 14.5 Å².